The molecule has 0 aliphatic carbocycles. The van der Waals surface area contributed by atoms with Gasteiger partial charge >= 0.3 is 0 Å². The van der Waals surface area contributed by atoms with Crippen LogP contribution in [0, 0.1) is 19.8 Å². The zero-order valence-corrected chi connectivity index (χ0v) is 20.3. The summed E-state index contributed by atoms with van der Waals surface area (Å²) in [4.78, 5) is 30.3. The Morgan fingerprint density at radius 2 is 1.58 bits per heavy atom. The van der Waals surface area contributed by atoms with E-state index in [1.165, 1.54) is 0 Å². The second-order valence-electron chi connectivity index (χ2n) is 9.39. The predicted molar refractivity (Wildman–Crippen MR) is 127 cm³/mol. The SMILES string of the molecule is COc1ccc(-n2c(C)cc(C(=O)N3CCC(C(=O)N4CC(C)OC(C)C4)CC3)c2C)cc1. The third-order valence-corrected chi connectivity index (χ3v) is 6.85. The highest BCUT2D eigenvalue weighted by Crippen LogP contribution is 2.27. The summed E-state index contributed by atoms with van der Waals surface area (Å²) in [5.74, 6) is 1.04. The molecular formula is C26H35N3O4. The number of methoxy groups -OCH3 is 1. The number of hydrogen-bond donors (Lipinski definition) is 0. The van der Waals surface area contributed by atoms with Crippen LogP contribution >= 0.6 is 0 Å². The maximum absolute atomic E-state index is 13.4. The van der Waals surface area contributed by atoms with Gasteiger partial charge in [-0.1, -0.05) is 0 Å². The predicted octanol–water partition coefficient (Wildman–Crippen LogP) is 3.59. The van der Waals surface area contributed by atoms with E-state index < -0.39 is 0 Å². The second kappa shape index (κ2) is 9.59. The molecular weight excluding hydrogens is 418 g/mol. The standard InChI is InChI=1S/C26H35N3O4/c1-17-14-24(20(4)29(17)22-6-8-23(32-5)9-7-22)26(31)27-12-10-21(11-13-27)25(30)28-15-18(2)33-19(3)16-28/h6-9,14,18-19,21H,10-13,15-16H2,1-5H3. The van der Waals surface area contributed by atoms with Crippen molar-refractivity contribution in [3.8, 4) is 11.4 Å². The van der Waals surface area contributed by atoms with Crippen molar-refractivity contribution in [2.24, 2.45) is 5.92 Å². The van der Waals surface area contributed by atoms with E-state index in [2.05, 4.69) is 4.57 Å². The number of hydrogen-bond acceptors (Lipinski definition) is 4. The van der Waals surface area contributed by atoms with Gasteiger partial charge in [0, 0.05) is 49.2 Å². The molecule has 3 heterocycles. The molecule has 2 aliphatic rings. The summed E-state index contributed by atoms with van der Waals surface area (Å²) in [5.41, 5.74) is 3.67. The third kappa shape index (κ3) is 4.78. The maximum atomic E-state index is 13.4. The number of rotatable bonds is 4. The Morgan fingerprint density at radius 3 is 2.15 bits per heavy atom. The van der Waals surface area contributed by atoms with Gasteiger partial charge in [0.15, 0.2) is 0 Å². The first kappa shape index (κ1) is 23.4. The normalized spacial score (nSPS) is 21.8. The van der Waals surface area contributed by atoms with Crippen LogP contribution in [0.1, 0.15) is 48.4 Å². The van der Waals surface area contributed by atoms with Crippen molar-refractivity contribution in [3.05, 3.63) is 47.3 Å². The van der Waals surface area contributed by atoms with Crippen LogP contribution in [0.15, 0.2) is 30.3 Å². The van der Waals surface area contributed by atoms with Crippen LogP contribution in [0.2, 0.25) is 0 Å². The van der Waals surface area contributed by atoms with E-state index in [-0.39, 0.29) is 29.9 Å². The summed E-state index contributed by atoms with van der Waals surface area (Å²) >= 11 is 0. The molecule has 2 aromatic rings. The number of aromatic nitrogens is 1. The lowest BCUT2D eigenvalue weighted by molar-refractivity contribution is -0.148. The Balaban J connectivity index is 1.42. The Bertz CT molecular complexity index is 995. The average molecular weight is 454 g/mol. The lowest BCUT2D eigenvalue weighted by Crippen LogP contribution is -2.51. The van der Waals surface area contributed by atoms with Crippen LogP contribution in [-0.2, 0) is 9.53 Å². The van der Waals surface area contributed by atoms with E-state index in [0.29, 0.717) is 39.0 Å². The Labute approximate surface area is 196 Å². The summed E-state index contributed by atoms with van der Waals surface area (Å²) in [6, 6.07) is 9.81. The van der Waals surface area contributed by atoms with Gasteiger partial charge in [-0.3, -0.25) is 9.59 Å². The summed E-state index contributed by atoms with van der Waals surface area (Å²) in [7, 11) is 1.65. The van der Waals surface area contributed by atoms with Crippen molar-refractivity contribution in [2.75, 3.05) is 33.3 Å². The Kier molecular flexibility index (Phi) is 6.79. The van der Waals surface area contributed by atoms with Crippen molar-refractivity contribution < 1.29 is 19.1 Å². The van der Waals surface area contributed by atoms with Crippen LogP contribution in [0.4, 0.5) is 0 Å². The molecule has 2 unspecified atom stereocenters. The molecule has 2 atom stereocenters. The summed E-state index contributed by atoms with van der Waals surface area (Å²) in [6.45, 7) is 10.6. The molecule has 0 bridgehead atoms. The fraction of sp³-hybridized carbons (Fsp3) is 0.538. The summed E-state index contributed by atoms with van der Waals surface area (Å²) in [5, 5.41) is 0. The highest BCUT2D eigenvalue weighted by Gasteiger charge is 2.34. The molecule has 4 rings (SSSR count). The maximum Gasteiger partial charge on any atom is 0.255 e. The lowest BCUT2D eigenvalue weighted by Gasteiger charge is -2.39. The Morgan fingerprint density at radius 1 is 0.970 bits per heavy atom. The van der Waals surface area contributed by atoms with Gasteiger partial charge in [0.1, 0.15) is 5.75 Å². The first-order valence-corrected chi connectivity index (χ1v) is 11.9. The molecule has 2 aliphatic heterocycles. The molecule has 2 saturated heterocycles. The van der Waals surface area contributed by atoms with E-state index in [1.807, 2.05) is 67.8 Å². The number of carbonyl (C=O) groups is 2. The number of amides is 2. The number of benzene rings is 1. The number of ether oxygens (including phenoxy) is 2. The zero-order valence-electron chi connectivity index (χ0n) is 20.3. The van der Waals surface area contributed by atoms with Gasteiger partial charge in [-0.15, -0.1) is 0 Å². The highest BCUT2D eigenvalue weighted by molar-refractivity contribution is 5.96. The van der Waals surface area contributed by atoms with Crippen molar-refractivity contribution in [2.45, 2.75) is 52.7 Å². The molecule has 0 spiro atoms. The topological polar surface area (TPSA) is 64.0 Å². The molecule has 2 fully saturated rings. The van der Waals surface area contributed by atoms with Gasteiger partial charge in [-0.25, -0.2) is 0 Å². The molecule has 1 aromatic carbocycles. The zero-order chi connectivity index (χ0) is 23.7. The lowest BCUT2D eigenvalue weighted by atomic mass is 9.94. The number of carbonyl (C=O) groups excluding carboxylic acids is 2. The first-order chi connectivity index (χ1) is 15.8. The summed E-state index contributed by atoms with van der Waals surface area (Å²) in [6.07, 6.45) is 1.56. The summed E-state index contributed by atoms with van der Waals surface area (Å²) < 4.78 is 13.1. The monoisotopic (exact) mass is 453 g/mol. The first-order valence-electron chi connectivity index (χ1n) is 11.9. The van der Waals surface area contributed by atoms with Crippen LogP contribution in [0.25, 0.3) is 5.69 Å². The minimum absolute atomic E-state index is 0.0155. The Hall–Kier alpha value is -2.80. The van der Waals surface area contributed by atoms with Crippen molar-refractivity contribution in [1.29, 1.82) is 0 Å². The molecule has 178 valence electrons. The van der Waals surface area contributed by atoms with Gasteiger partial charge in [0.05, 0.1) is 24.9 Å². The average Bonchev–Trinajstić information content (AvgIpc) is 3.11. The molecule has 0 radical (unpaired) electrons. The minimum Gasteiger partial charge on any atom is -0.497 e. The van der Waals surface area contributed by atoms with E-state index in [4.69, 9.17) is 9.47 Å². The van der Waals surface area contributed by atoms with E-state index >= 15 is 0 Å². The van der Waals surface area contributed by atoms with E-state index in [9.17, 15) is 9.59 Å². The van der Waals surface area contributed by atoms with Crippen LogP contribution in [0.5, 0.6) is 5.75 Å². The molecule has 7 nitrogen and oxygen atoms in total. The molecule has 0 saturated carbocycles. The van der Waals surface area contributed by atoms with Gasteiger partial charge in [-0.2, -0.15) is 0 Å². The van der Waals surface area contributed by atoms with Crippen LogP contribution in [-0.4, -0.2) is 71.7 Å². The molecule has 2 amide bonds. The number of likely N-dealkylation sites (tertiary alicyclic amines) is 1. The molecule has 1 aromatic heterocycles. The third-order valence-electron chi connectivity index (χ3n) is 6.85. The van der Waals surface area contributed by atoms with Gasteiger partial charge in [0.2, 0.25) is 5.91 Å². The van der Waals surface area contributed by atoms with E-state index in [1.54, 1.807) is 7.11 Å². The van der Waals surface area contributed by atoms with Crippen LogP contribution in [0.3, 0.4) is 0 Å². The van der Waals surface area contributed by atoms with Crippen molar-refractivity contribution in [1.82, 2.24) is 14.4 Å². The largest absolute Gasteiger partial charge is 0.497 e. The number of morpholine rings is 1. The van der Waals surface area contributed by atoms with E-state index in [0.717, 1.165) is 28.4 Å². The molecule has 0 N–H and O–H groups in total. The molecule has 7 heteroatoms. The van der Waals surface area contributed by atoms with Gasteiger partial charge < -0.3 is 23.8 Å². The smallest absolute Gasteiger partial charge is 0.255 e. The second-order valence-corrected chi connectivity index (χ2v) is 9.39. The fourth-order valence-corrected chi connectivity index (χ4v) is 5.22. The number of piperidine rings is 1. The quantitative estimate of drug-likeness (QED) is 0.710. The van der Waals surface area contributed by atoms with Crippen molar-refractivity contribution >= 4 is 11.8 Å². The minimum atomic E-state index is -0.0155. The molecule has 33 heavy (non-hydrogen) atoms. The number of aryl methyl sites for hydroxylation is 1. The van der Waals surface area contributed by atoms with Crippen LogP contribution < -0.4 is 4.74 Å². The van der Waals surface area contributed by atoms with Gasteiger partial charge in [0.25, 0.3) is 5.91 Å². The van der Waals surface area contributed by atoms with Crippen molar-refractivity contribution in [3.63, 3.8) is 0 Å². The highest BCUT2D eigenvalue weighted by atomic mass is 16.5. The number of nitrogens with zero attached hydrogens (tertiary/aromatic N) is 3. The van der Waals surface area contributed by atoms with Gasteiger partial charge in [-0.05, 0) is 70.9 Å². The fourth-order valence-electron chi connectivity index (χ4n) is 5.22.